The average molecular weight is 390 g/mol. The van der Waals surface area contributed by atoms with E-state index in [1.165, 1.54) is 4.31 Å². The molecule has 0 radical (unpaired) electrons. The molecule has 1 aliphatic heterocycles. The lowest BCUT2D eigenvalue weighted by Gasteiger charge is -2.34. The summed E-state index contributed by atoms with van der Waals surface area (Å²) in [5.74, 6) is 0.0519. The molecule has 1 unspecified atom stereocenters. The summed E-state index contributed by atoms with van der Waals surface area (Å²) in [6, 6.07) is 5.45. The molecular weight excluding hydrogens is 362 g/mol. The van der Waals surface area contributed by atoms with Gasteiger partial charge in [-0.25, -0.2) is 8.42 Å². The fraction of sp³-hybridized carbons (Fsp3) is 0.588. The summed E-state index contributed by atoms with van der Waals surface area (Å²) >= 11 is 0. The van der Waals surface area contributed by atoms with E-state index in [0.717, 1.165) is 11.1 Å². The molecule has 0 aliphatic carbocycles. The van der Waals surface area contributed by atoms with Crippen molar-refractivity contribution in [2.45, 2.75) is 44.6 Å². The van der Waals surface area contributed by atoms with Gasteiger partial charge in [-0.2, -0.15) is 4.31 Å². The molecule has 0 spiro atoms. The lowest BCUT2D eigenvalue weighted by Crippen LogP contribution is -2.50. The van der Waals surface area contributed by atoms with Gasteiger partial charge >= 0.3 is 0 Å². The fourth-order valence-corrected chi connectivity index (χ4v) is 4.54. The summed E-state index contributed by atoms with van der Waals surface area (Å²) < 4.78 is 27.2. The summed E-state index contributed by atoms with van der Waals surface area (Å²) in [6.45, 7) is 7.10. The summed E-state index contributed by atoms with van der Waals surface area (Å²) in [4.78, 5) is 14.2. The SMILES string of the molecule is Cc1ccc(C)c(S(=O)(=O)N2CCN(C(=O)CCC(C)N)CC2)c1.Cl. The molecule has 1 aromatic rings. The smallest absolute Gasteiger partial charge is 0.243 e. The van der Waals surface area contributed by atoms with Crippen LogP contribution in [0, 0.1) is 13.8 Å². The van der Waals surface area contributed by atoms with Crippen molar-refractivity contribution in [3.63, 3.8) is 0 Å². The van der Waals surface area contributed by atoms with Gasteiger partial charge in [0, 0.05) is 38.6 Å². The number of carbonyl (C=O) groups excluding carboxylic acids is 1. The average Bonchev–Trinajstić information content (AvgIpc) is 2.54. The van der Waals surface area contributed by atoms with Crippen molar-refractivity contribution >= 4 is 28.3 Å². The molecule has 0 aromatic heterocycles. The molecule has 2 N–H and O–H groups in total. The van der Waals surface area contributed by atoms with Crippen LogP contribution in [-0.4, -0.2) is 55.8 Å². The van der Waals surface area contributed by atoms with Crippen LogP contribution in [0.15, 0.2) is 23.1 Å². The van der Waals surface area contributed by atoms with E-state index in [1.54, 1.807) is 17.9 Å². The first-order chi connectivity index (χ1) is 11.2. The Labute approximate surface area is 156 Å². The number of carbonyl (C=O) groups is 1. The third-order valence-electron chi connectivity index (χ3n) is 4.37. The second kappa shape index (κ2) is 8.98. The predicted octanol–water partition coefficient (Wildman–Crippen LogP) is 1.69. The summed E-state index contributed by atoms with van der Waals surface area (Å²) in [5.41, 5.74) is 7.35. The Balaban J connectivity index is 0.00000312. The van der Waals surface area contributed by atoms with Gasteiger partial charge in [-0.1, -0.05) is 12.1 Å². The van der Waals surface area contributed by atoms with E-state index < -0.39 is 10.0 Å². The van der Waals surface area contributed by atoms with Gasteiger partial charge in [-0.15, -0.1) is 12.4 Å². The van der Waals surface area contributed by atoms with E-state index in [4.69, 9.17) is 5.73 Å². The highest BCUT2D eigenvalue weighted by molar-refractivity contribution is 7.89. The van der Waals surface area contributed by atoms with Crippen LogP contribution in [0.5, 0.6) is 0 Å². The van der Waals surface area contributed by atoms with Crippen LogP contribution in [0.1, 0.15) is 30.9 Å². The van der Waals surface area contributed by atoms with Crippen LogP contribution < -0.4 is 5.73 Å². The number of aryl methyl sites for hydroxylation is 2. The van der Waals surface area contributed by atoms with Crippen LogP contribution in [-0.2, 0) is 14.8 Å². The topological polar surface area (TPSA) is 83.7 Å². The number of hydrogen-bond donors (Lipinski definition) is 1. The Morgan fingerprint density at radius 2 is 1.80 bits per heavy atom. The van der Waals surface area contributed by atoms with Crippen molar-refractivity contribution in [2.75, 3.05) is 26.2 Å². The lowest BCUT2D eigenvalue weighted by atomic mass is 10.2. The zero-order valence-electron chi connectivity index (χ0n) is 15.1. The highest BCUT2D eigenvalue weighted by Gasteiger charge is 2.30. The molecule has 1 amide bonds. The van der Waals surface area contributed by atoms with Crippen molar-refractivity contribution in [3.8, 4) is 0 Å². The van der Waals surface area contributed by atoms with Crippen molar-refractivity contribution in [3.05, 3.63) is 29.3 Å². The second-order valence-electron chi connectivity index (χ2n) is 6.57. The normalized spacial score (nSPS) is 17.0. The van der Waals surface area contributed by atoms with Gasteiger partial charge in [0.2, 0.25) is 15.9 Å². The molecule has 2 rings (SSSR count). The van der Waals surface area contributed by atoms with E-state index in [0.29, 0.717) is 43.9 Å². The maximum Gasteiger partial charge on any atom is 0.243 e. The number of nitrogens with two attached hydrogens (primary N) is 1. The van der Waals surface area contributed by atoms with Gasteiger partial charge in [0.15, 0.2) is 0 Å². The Hall–Kier alpha value is -1.15. The van der Waals surface area contributed by atoms with Crippen LogP contribution in [0.4, 0.5) is 0 Å². The predicted molar refractivity (Wildman–Crippen MR) is 101 cm³/mol. The van der Waals surface area contributed by atoms with Gasteiger partial charge in [0.05, 0.1) is 4.90 Å². The molecule has 0 bridgehead atoms. The quantitative estimate of drug-likeness (QED) is 0.830. The Kier molecular flexibility index (Phi) is 7.87. The van der Waals surface area contributed by atoms with E-state index >= 15 is 0 Å². The van der Waals surface area contributed by atoms with Gasteiger partial charge in [-0.3, -0.25) is 4.79 Å². The molecule has 142 valence electrons. The van der Waals surface area contributed by atoms with Crippen molar-refractivity contribution in [2.24, 2.45) is 5.73 Å². The molecule has 1 saturated heterocycles. The number of sulfonamides is 1. The molecule has 1 aromatic carbocycles. The third-order valence-corrected chi connectivity index (χ3v) is 6.41. The Morgan fingerprint density at radius 3 is 2.36 bits per heavy atom. The first-order valence-electron chi connectivity index (χ1n) is 8.32. The number of nitrogens with zero attached hydrogens (tertiary/aromatic N) is 2. The fourth-order valence-electron chi connectivity index (χ4n) is 2.81. The van der Waals surface area contributed by atoms with Gasteiger partial charge < -0.3 is 10.6 Å². The molecule has 25 heavy (non-hydrogen) atoms. The van der Waals surface area contributed by atoms with Crippen LogP contribution in [0.3, 0.4) is 0 Å². The Morgan fingerprint density at radius 1 is 1.20 bits per heavy atom. The molecular formula is C17H28ClN3O3S. The van der Waals surface area contributed by atoms with Crippen molar-refractivity contribution < 1.29 is 13.2 Å². The number of benzene rings is 1. The molecule has 6 nitrogen and oxygen atoms in total. The summed E-state index contributed by atoms with van der Waals surface area (Å²) in [6.07, 6.45) is 1.07. The first-order valence-corrected chi connectivity index (χ1v) is 9.76. The first kappa shape index (κ1) is 21.9. The van der Waals surface area contributed by atoms with E-state index in [-0.39, 0.29) is 24.4 Å². The molecule has 0 saturated carbocycles. The van der Waals surface area contributed by atoms with Gasteiger partial charge in [0.25, 0.3) is 0 Å². The maximum absolute atomic E-state index is 12.9. The molecule has 8 heteroatoms. The highest BCUT2D eigenvalue weighted by Crippen LogP contribution is 2.22. The largest absolute Gasteiger partial charge is 0.340 e. The van der Waals surface area contributed by atoms with E-state index in [2.05, 4.69) is 0 Å². The molecule has 1 aliphatic rings. The van der Waals surface area contributed by atoms with Gasteiger partial charge in [-0.05, 0) is 44.4 Å². The van der Waals surface area contributed by atoms with E-state index in [9.17, 15) is 13.2 Å². The molecule has 1 fully saturated rings. The second-order valence-corrected chi connectivity index (χ2v) is 8.48. The zero-order valence-corrected chi connectivity index (χ0v) is 16.7. The maximum atomic E-state index is 12.9. The lowest BCUT2D eigenvalue weighted by molar-refractivity contribution is -0.132. The number of hydrogen-bond acceptors (Lipinski definition) is 4. The van der Waals surface area contributed by atoms with Gasteiger partial charge in [0.1, 0.15) is 0 Å². The molecule has 1 atom stereocenters. The minimum absolute atomic E-state index is 0. The summed E-state index contributed by atoms with van der Waals surface area (Å²) in [7, 11) is -3.51. The number of amides is 1. The highest BCUT2D eigenvalue weighted by atomic mass is 35.5. The number of halogens is 1. The van der Waals surface area contributed by atoms with Crippen molar-refractivity contribution in [1.82, 2.24) is 9.21 Å². The van der Waals surface area contributed by atoms with Crippen LogP contribution >= 0.6 is 12.4 Å². The minimum atomic E-state index is -3.51. The third kappa shape index (κ3) is 5.41. The number of piperazine rings is 1. The van der Waals surface area contributed by atoms with Crippen LogP contribution in [0.2, 0.25) is 0 Å². The zero-order chi connectivity index (χ0) is 17.9. The van der Waals surface area contributed by atoms with Crippen LogP contribution in [0.25, 0.3) is 0 Å². The van der Waals surface area contributed by atoms with E-state index in [1.807, 2.05) is 26.0 Å². The van der Waals surface area contributed by atoms with Crippen molar-refractivity contribution in [1.29, 1.82) is 0 Å². The standard InChI is InChI=1S/C17H27N3O3S.ClH/c1-13-4-5-14(2)16(12-13)24(22,23)20-10-8-19(9-11-20)17(21)7-6-15(3)18;/h4-5,12,15H,6-11,18H2,1-3H3;1H. The Bertz CT molecular complexity index is 699. The number of rotatable bonds is 5. The summed E-state index contributed by atoms with van der Waals surface area (Å²) in [5, 5.41) is 0. The monoisotopic (exact) mass is 389 g/mol. The molecule has 1 heterocycles. The minimum Gasteiger partial charge on any atom is -0.340 e.